The van der Waals surface area contributed by atoms with E-state index in [-0.39, 0.29) is 30.5 Å². The standard InChI is InChI=1S/C14H17ClN2O3.ClH/c1-19-13-6-10(16)9(15)5-8(13)14(18)17-11-4-7-2-3-12(11)20-7;/h5-7,11-12H,2-4,16H2,1H3,(H,17,18);1H/t7-,11-,12+;/m1./s1. The van der Waals surface area contributed by atoms with Crippen molar-refractivity contribution in [2.24, 2.45) is 0 Å². The van der Waals surface area contributed by atoms with Gasteiger partial charge in [0.2, 0.25) is 0 Å². The molecule has 0 unspecified atom stereocenters. The molecule has 5 nitrogen and oxygen atoms in total. The molecule has 116 valence electrons. The van der Waals surface area contributed by atoms with Crippen LogP contribution in [0.1, 0.15) is 29.6 Å². The summed E-state index contributed by atoms with van der Waals surface area (Å²) < 4.78 is 10.9. The fourth-order valence-electron chi connectivity index (χ4n) is 2.95. The van der Waals surface area contributed by atoms with E-state index >= 15 is 0 Å². The van der Waals surface area contributed by atoms with Crippen molar-refractivity contribution >= 4 is 35.6 Å². The normalized spacial score (nSPS) is 26.3. The molecule has 2 saturated heterocycles. The van der Waals surface area contributed by atoms with Crippen LogP contribution in [0.15, 0.2) is 12.1 Å². The van der Waals surface area contributed by atoms with Gasteiger partial charge in [0, 0.05) is 6.07 Å². The number of nitrogen functional groups attached to an aromatic ring is 1. The topological polar surface area (TPSA) is 73.6 Å². The van der Waals surface area contributed by atoms with Gasteiger partial charge < -0.3 is 20.5 Å². The first-order valence-corrected chi connectivity index (χ1v) is 7.05. The van der Waals surface area contributed by atoms with Gasteiger partial charge in [-0.1, -0.05) is 11.6 Å². The molecule has 0 aliphatic carbocycles. The maximum absolute atomic E-state index is 12.4. The number of methoxy groups -OCH3 is 1. The average Bonchev–Trinajstić information content (AvgIpc) is 3.03. The molecule has 3 rings (SSSR count). The largest absolute Gasteiger partial charge is 0.496 e. The maximum Gasteiger partial charge on any atom is 0.255 e. The van der Waals surface area contributed by atoms with Gasteiger partial charge in [0.25, 0.3) is 5.91 Å². The van der Waals surface area contributed by atoms with Gasteiger partial charge in [0.1, 0.15) is 5.75 Å². The minimum atomic E-state index is -0.204. The highest BCUT2D eigenvalue weighted by Crippen LogP contribution is 2.35. The van der Waals surface area contributed by atoms with Crippen LogP contribution in [0, 0.1) is 0 Å². The van der Waals surface area contributed by atoms with Gasteiger partial charge in [-0.25, -0.2) is 0 Å². The van der Waals surface area contributed by atoms with Crippen LogP contribution in [0.25, 0.3) is 0 Å². The second kappa shape index (κ2) is 6.30. The van der Waals surface area contributed by atoms with Crippen molar-refractivity contribution in [2.45, 2.75) is 37.5 Å². The highest BCUT2D eigenvalue weighted by molar-refractivity contribution is 6.33. The van der Waals surface area contributed by atoms with Gasteiger partial charge in [-0.2, -0.15) is 0 Å². The van der Waals surface area contributed by atoms with E-state index in [1.165, 1.54) is 7.11 Å². The molecule has 2 heterocycles. The zero-order valence-electron chi connectivity index (χ0n) is 11.6. The average molecular weight is 333 g/mol. The Labute approximate surface area is 134 Å². The first kappa shape index (κ1) is 16.2. The number of hydrogen-bond acceptors (Lipinski definition) is 4. The molecule has 2 aliphatic rings. The molecule has 2 fully saturated rings. The van der Waals surface area contributed by atoms with Gasteiger partial charge in [-0.05, 0) is 25.3 Å². The van der Waals surface area contributed by atoms with E-state index in [0.717, 1.165) is 19.3 Å². The van der Waals surface area contributed by atoms with Crippen LogP contribution in [0.4, 0.5) is 5.69 Å². The number of fused-ring (bicyclic) bond motifs is 2. The summed E-state index contributed by atoms with van der Waals surface area (Å²) in [6.07, 6.45) is 3.41. The number of rotatable bonds is 3. The Morgan fingerprint density at radius 2 is 2.24 bits per heavy atom. The smallest absolute Gasteiger partial charge is 0.255 e. The van der Waals surface area contributed by atoms with Gasteiger partial charge in [0.15, 0.2) is 0 Å². The molecule has 21 heavy (non-hydrogen) atoms. The molecule has 7 heteroatoms. The SMILES string of the molecule is COc1cc(N)c(Cl)cc1C(=O)N[C@@H]1C[C@H]2CC[C@@H]1O2.Cl. The summed E-state index contributed by atoms with van der Waals surface area (Å²) in [6.45, 7) is 0. The maximum atomic E-state index is 12.4. The number of halogens is 2. The van der Waals surface area contributed by atoms with Gasteiger partial charge in [-0.3, -0.25) is 4.79 Å². The highest BCUT2D eigenvalue weighted by atomic mass is 35.5. The Balaban J connectivity index is 0.00000161. The molecule has 0 spiro atoms. The molecule has 1 aromatic rings. The number of benzene rings is 1. The molecule has 2 bridgehead atoms. The minimum absolute atomic E-state index is 0. The van der Waals surface area contributed by atoms with Gasteiger partial charge >= 0.3 is 0 Å². The van der Waals surface area contributed by atoms with Crippen molar-refractivity contribution in [3.63, 3.8) is 0 Å². The summed E-state index contributed by atoms with van der Waals surface area (Å²) in [5, 5.41) is 3.35. The Morgan fingerprint density at radius 1 is 1.48 bits per heavy atom. The lowest BCUT2D eigenvalue weighted by Crippen LogP contribution is -2.41. The zero-order valence-corrected chi connectivity index (χ0v) is 13.2. The lowest BCUT2D eigenvalue weighted by molar-refractivity contribution is 0.0839. The van der Waals surface area contributed by atoms with E-state index in [4.69, 9.17) is 26.8 Å². The summed E-state index contributed by atoms with van der Waals surface area (Å²) in [6, 6.07) is 3.18. The Bertz CT molecular complexity index is 553. The zero-order chi connectivity index (χ0) is 14.3. The predicted molar refractivity (Wildman–Crippen MR) is 83.4 cm³/mol. The summed E-state index contributed by atoms with van der Waals surface area (Å²) in [4.78, 5) is 12.4. The molecule has 0 radical (unpaired) electrons. The predicted octanol–water partition coefficient (Wildman–Crippen LogP) is 2.40. The van der Waals surface area contributed by atoms with Crippen LogP contribution in [0.5, 0.6) is 5.75 Å². The molecule has 1 amide bonds. The van der Waals surface area contributed by atoms with Crippen molar-refractivity contribution in [3.05, 3.63) is 22.7 Å². The van der Waals surface area contributed by atoms with E-state index in [0.29, 0.717) is 28.1 Å². The van der Waals surface area contributed by atoms with Crippen LogP contribution < -0.4 is 15.8 Å². The van der Waals surface area contributed by atoms with Gasteiger partial charge in [0.05, 0.1) is 41.6 Å². The Hall–Kier alpha value is -1.17. The third-order valence-electron chi connectivity index (χ3n) is 3.99. The van der Waals surface area contributed by atoms with E-state index < -0.39 is 0 Å². The molecular formula is C14H18Cl2N2O3. The lowest BCUT2D eigenvalue weighted by Gasteiger charge is -2.20. The van der Waals surface area contributed by atoms with E-state index in [9.17, 15) is 4.79 Å². The van der Waals surface area contributed by atoms with Crippen molar-refractivity contribution in [3.8, 4) is 5.75 Å². The second-order valence-electron chi connectivity index (χ2n) is 5.26. The first-order valence-electron chi connectivity index (χ1n) is 6.68. The molecule has 1 aromatic carbocycles. The summed E-state index contributed by atoms with van der Waals surface area (Å²) in [5.41, 5.74) is 6.50. The molecule has 3 N–H and O–H groups in total. The van der Waals surface area contributed by atoms with Crippen LogP contribution in [-0.4, -0.2) is 31.3 Å². The van der Waals surface area contributed by atoms with Crippen LogP contribution in [0.2, 0.25) is 5.02 Å². The third kappa shape index (κ3) is 3.05. The number of nitrogens with two attached hydrogens (primary N) is 1. The van der Waals surface area contributed by atoms with Gasteiger partial charge in [-0.15, -0.1) is 12.4 Å². The second-order valence-corrected chi connectivity index (χ2v) is 5.67. The first-order chi connectivity index (χ1) is 9.58. The molecule has 0 saturated carbocycles. The monoisotopic (exact) mass is 332 g/mol. The number of nitrogens with one attached hydrogen (secondary N) is 1. The number of ether oxygens (including phenoxy) is 2. The van der Waals surface area contributed by atoms with Crippen LogP contribution in [-0.2, 0) is 4.74 Å². The number of carbonyl (C=O) groups excluding carboxylic acids is 1. The Kier molecular flexibility index (Phi) is 4.86. The van der Waals surface area contributed by atoms with E-state index in [1.807, 2.05) is 0 Å². The minimum Gasteiger partial charge on any atom is -0.496 e. The lowest BCUT2D eigenvalue weighted by atomic mass is 9.95. The third-order valence-corrected chi connectivity index (χ3v) is 4.31. The molecular weight excluding hydrogens is 315 g/mol. The van der Waals surface area contributed by atoms with Crippen molar-refractivity contribution < 1.29 is 14.3 Å². The van der Waals surface area contributed by atoms with Crippen LogP contribution >= 0.6 is 24.0 Å². The fourth-order valence-corrected chi connectivity index (χ4v) is 3.11. The number of carbonyl (C=O) groups is 1. The summed E-state index contributed by atoms with van der Waals surface area (Å²) in [7, 11) is 1.50. The summed E-state index contributed by atoms with van der Waals surface area (Å²) in [5.74, 6) is 0.221. The van der Waals surface area contributed by atoms with E-state index in [1.54, 1.807) is 12.1 Å². The van der Waals surface area contributed by atoms with Crippen molar-refractivity contribution in [1.29, 1.82) is 0 Å². The quantitative estimate of drug-likeness (QED) is 0.833. The van der Waals surface area contributed by atoms with Crippen molar-refractivity contribution in [1.82, 2.24) is 5.32 Å². The summed E-state index contributed by atoms with van der Waals surface area (Å²) >= 11 is 5.98. The molecule has 0 aromatic heterocycles. The van der Waals surface area contributed by atoms with Crippen LogP contribution in [0.3, 0.4) is 0 Å². The number of hydrogen-bond donors (Lipinski definition) is 2. The highest BCUT2D eigenvalue weighted by Gasteiger charge is 2.41. The van der Waals surface area contributed by atoms with Crippen molar-refractivity contribution in [2.75, 3.05) is 12.8 Å². The van der Waals surface area contributed by atoms with E-state index in [2.05, 4.69) is 5.32 Å². The molecule has 3 atom stereocenters. The Morgan fingerprint density at radius 3 is 2.81 bits per heavy atom. The number of anilines is 1. The fraction of sp³-hybridized carbons (Fsp3) is 0.500. The number of amides is 1. The molecule has 2 aliphatic heterocycles.